The maximum absolute atomic E-state index is 9.48. The highest BCUT2D eigenvalue weighted by Crippen LogP contribution is 2.10. The van der Waals surface area contributed by atoms with Gasteiger partial charge in [0, 0.05) is 6.92 Å². The van der Waals surface area contributed by atoms with Gasteiger partial charge < -0.3 is 10.2 Å². The average molecular weight is 232 g/mol. The van der Waals surface area contributed by atoms with E-state index >= 15 is 0 Å². The third-order valence-corrected chi connectivity index (χ3v) is 2.28. The molecule has 2 N–H and O–H groups in total. The standard InChI is InChI=1S/C11H24O.C2H4O2/c1-3-5-7-8-10-11(12)9-6-4-2;1-2(3)4/h11-12H,3-10H2,1-2H3;1H3,(H,3,4). The molecule has 0 saturated carbocycles. The van der Waals surface area contributed by atoms with Gasteiger partial charge in [-0.3, -0.25) is 4.79 Å². The molecule has 0 aromatic heterocycles. The maximum atomic E-state index is 9.48. The van der Waals surface area contributed by atoms with E-state index in [9.17, 15) is 5.11 Å². The van der Waals surface area contributed by atoms with Crippen molar-refractivity contribution in [3.63, 3.8) is 0 Å². The van der Waals surface area contributed by atoms with Crippen molar-refractivity contribution in [1.82, 2.24) is 0 Å². The van der Waals surface area contributed by atoms with Crippen molar-refractivity contribution in [2.45, 2.75) is 78.2 Å². The van der Waals surface area contributed by atoms with Gasteiger partial charge in [-0.1, -0.05) is 52.4 Å². The molecule has 0 aliphatic carbocycles. The zero-order valence-electron chi connectivity index (χ0n) is 11.0. The summed E-state index contributed by atoms with van der Waals surface area (Å²) in [6.07, 6.45) is 9.47. The second-order valence-electron chi connectivity index (χ2n) is 4.16. The summed E-state index contributed by atoms with van der Waals surface area (Å²) in [4.78, 5) is 9.00. The zero-order valence-corrected chi connectivity index (χ0v) is 11.0. The largest absolute Gasteiger partial charge is 0.481 e. The van der Waals surface area contributed by atoms with Crippen molar-refractivity contribution in [3.05, 3.63) is 0 Å². The van der Waals surface area contributed by atoms with E-state index in [4.69, 9.17) is 9.90 Å². The lowest BCUT2D eigenvalue weighted by molar-refractivity contribution is -0.134. The van der Waals surface area contributed by atoms with Crippen molar-refractivity contribution in [3.8, 4) is 0 Å². The van der Waals surface area contributed by atoms with Crippen LogP contribution in [0.25, 0.3) is 0 Å². The van der Waals surface area contributed by atoms with E-state index in [1.165, 1.54) is 38.5 Å². The van der Waals surface area contributed by atoms with Crippen LogP contribution in [0.1, 0.15) is 72.1 Å². The van der Waals surface area contributed by atoms with Crippen LogP contribution in [0.5, 0.6) is 0 Å². The van der Waals surface area contributed by atoms with Gasteiger partial charge in [-0.2, -0.15) is 0 Å². The highest BCUT2D eigenvalue weighted by molar-refractivity contribution is 5.62. The summed E-state index contributed by atoms with van der Waals surface area (Å²) >= 11 is 0. The molecule has 3 nitrogen and oxygen atoms in total. The first-order valence-corrected chi connectivity index (χ1v) is 6.42. The first kappa shape index (κ1) is 17.8. The third kappa shape index (κ3) is 23.3. The Balaban J connectivity index is 0. The van der Waals surface area contributed by atoms with Crippen molar-refractivity contribution in [2.24, 2.45) is 0 Å². The molecule has 0 heterocycles. The highest BCUT2D eigenvalue weighted by atomic mass is 16.4. The van der Waals surface area contributed by atoms with E-state index in [-0.39, 0.29) is 6.10 Å². The minimum Gasteiger partial charge on any atom is -0.481 e. The Hall–Kier alpha value is -0.570. The van der Waals surface area contributed by atoms with Gasteiger partial charge in [-0.15, -0.1) is 0 Å². The van der Waals surface area contributed by atoms with Crippen molar-refractivity contribution < 1.29 is 15.0 Å². The van der Waals surface area contributed by atoms with Gasteiger partial charge in [-0.25, -0.2) is 0 Å². The molecular weight excluding hydrogens is 204 g/mol. The van der Waals surface area contributed by atoms with Gasteiger partial charge in [0.2, 0.25) is 0 Å². The van der Waals surface area contributed by atoms with Gasteiger partial charge in [0.1, 0.15) is 0 Å². The molecule has 0 aromatic rings. The summed E-state index contributed by atoms with van der Waals surface area (Å²) in [6.45, 7) is 5.47. The third-order valence-electron chi connectivity index (χ3n) is 2.28. The number of carbonyl (C=O) groups is 1. The van der Waals surface area contributed by atoms with Gasteiger partial charge in [-0.05, 0) is 12.8 Å². The van der Waals surface area contributed by atoms with E-state index in [1.807, 2.05) is 0 Å². The quantitative estimate of drug-likeness (QED) is 0.629. The highest BCUT2D eigenvalue weighted by Gasteiger charge is 2.01. The maximum Gasteiger partial charge on any atom is 0.300 e. The summed E-state index contributed by atoms with van der Waals surface area (Å²) in [5, 5.41) is 16.9. The molecule has 1 atom stereocenters. The Bertz CT molecular complexity index is 142. The van der Waals surface area contributed by atoms with Gasteiger partial charge in [0.25, 0.3) is 5.97 Å². The van der Waals surface area contributed by atoms with Crippen LogP contribution in [0, 0.1) is 0 Å². The normalized spacial score (nSPS) is 11.5. The fourth-order valence-electron chi connectivity index (χ4n) is 1.39. The Morgan fingerprint density at radius 2 is 1.44 bits per heavy atom. The van der Waals surface area contributed by atoms with Gasteiger partial charge in [0.05, 0.1) is 6.10 Å². The van der Waals surface area contributed by atoms with Crippen molar-refractivity contribution in [2.75, 3.05) is 0 Å². The van der Waals surface area contributed by atoms with Gasteiger partial charge in [0.15, 0.2) is 0 Å². The van der Waals surface area contributed by atoms with Crippen LogP contribution in [0.3, 0.4) is 0 Å². The number of aliphatic carboxylic acids is 1. The van der Waals surface area contributed by atoms with Crippen LogP contribution < -0.4 is 0 Å². The second kappa shape index (κ2) is 14.4. The van der Waals surface area contributed by atoms with Gasteiger partial charge >= 0.3 is 0 Å². The van der Waals surface area contributed by atoms with E-state index in [2.05, 4.69) is 13.8 Å². The number of unbranched alkanes of at least 4 members (excludes halogenated alkanes) is 4. The topological polar surface area (TPSA) is 57.5 Å². The molecule has 0 amide bonds. The van der Waals surface area contributed by atoms with E-state index in [0.717, 1.165) is 19.8 Å². The number of hydrogen-bond acceptors (Lipinski definition) is 2. The molecular formula is C13H28O3. The van der Waals surface area contributed by atoms with E-state index in [1.54, 1.807) is 0 Å². The molecule has 0 radical (unpaired) electrons. The lowest BCUT2D eigenvalue weighted by Crippen LogP contribution is -2.05. The Labute approximate surface area is 99.9 Å². The zero-order chi connectivity index (χ0) is 12.8. The minimum absolute atomic E-state index is 0.0261. The summed E-state index contributed by atoms with van der Waals surface area (Å²) < 4.78 is 0. The molecule has 0 bridgehead atoms. The lowest BCUT2D eigenvalue weighted by Gasteiger charge is -2.08. The lowest BCUT2D eigenvalue weighted by atomic mass is 10.1. The smallest absolute Gasteiger partial charge is 0.300 e. The number of carboxylic acids is 1. The Kier molecular flexibility index (Phi) is 16.1. The fraction of sp³-hybridized carbons (Fsp3) is 0.923. The molecule has 16 heavy (non-hydrogen) atoms. The van der Waals surface area contributed by atoms with Crippen LogP contribution in [0.2, 0.25) is 0 Å². The summed E-state index contributed by atoms with van der Waals surface area (Å²) in [5.41, 5.74) is 0. The molecule has 0 aliphatic rings. The Morgan fingerprint density at radius 1 is 1.00 bits per heavy atom. The van der Waals surface area contributed by atoms with Crippen LogP contribution in [-0.4, -0.2) is 22.3 Å². The van der Waals surface area contributed by atoms with Crippen LogP contribution in [0.15, 0.2) is 0 Å². The van der Waals surface area contributed by atoms with E-state index in [0.29, 0.717) is 0 Å². The predicted molar refractivity (Wildman–Crippen MR) is 67.6 cm³/mol. The van der Waals surface area contributed by atoms with Crippen molar-refractivity contribution >= 4 is 5.97 Å². The minimum atomic E-state index is -0.833. The number of rotatable bonds is 8. The Morgan fingerprint density at radius 3 is 1.88 bits per heavy atom. The first-order chi connectivity index (χ1) is 7.54. The van der Waals surface area contributed by atoms with Crippen LogP contribution in [0.4, 0.5) is 0 Å². The van der Waals surface area contributed by atoms with Crippen LogP contribution >= 0.6 is 0 Å². The average Bonchev–Trinajstić information content (AvgIpc) is 2.20. The molecule has 0 aliphatic heterocycles. The fourth-order valence-corrected chi connectivity index (χ4v) is 1.39. The monoisotopic (exact) mass is 232 g/mol. The summed E-state index contributed by atoms with van der Waals surface area (Å²) in [6, 6.07) is 0. The second-order valence-corrected chi connectivity index (χ2v) is 4.16. The first-order valence-electron chi connectivity index (χ1n) is 6.42. The molecule has 98 valence electrons. The van der Waals surface area contributed by atoms with Crippen molar-refractivity contribution in [1.29, 1.82) is 0 Å². The number of aliphatic hydroxyl groups is 1. The molecule has 0 spiro atoms. The number of hydrogen-bond donors (Lipinski definition) is 2. The molecule has 0 saturated heterocycles. The van der Waals surface area contributed by atoms with Crippen LogP contribution in [-0.2, 0) is 4.79 Å². The number of carboxylic acid groups (broad SMARTS) is 1. The number of aliphatic hydroxyl groups excluding tert-OH is 1. The molecule has 0 rings (SSSR count). The summed E-state index contributed by atoms with van der Waals surface area (Å²) in [7, 11) is 0. The van der Waals surface area contributed by atoms with E-state index < -0.39 is 5.97 Å². The predicted octanol–water partition coefficient (Wildman–Crippen LogP) is 3.60. The molecule has 0 fully saturated rings. The SMILES string of the molecule is CC(=O)O.CCCCCCC(O)CCCC. The molecule has 0 aromatic carbocycles. The summed E-state index contributed by atoms with van der Waals surface area (Å²) in [5.74, 6) is -0.833. The molecule has 1 unspecified atom stereocenters. The molecule has 3 heteroatoms.